The lowest BCUT2D eigenvalue weighted by Gasteiger charge is -2.16. The standard InChI is InChI=1S/C24H24N2O2S/c1-18(19-10-4-2-5-11-19)25-24(28)21-14-8-9-15-22(21)26-23(27)16-17-29-20-12-6-3-7-13-20/h2-15,18H,16-17H2,1H3,(H,25,28)(H,26,27). The summed E-state index contributed by atoms with van der Waals surface area (Å²) in [5.41, 5.74) is 2.01. The van der Waals surface area contributed by atoms with E-state index in [2.05, 4.69) is 10.6 Å². The summed E-state index contributed by atoms with van der Waals surface area (Å²) in [6.45, 7) is 1.94. The molecule has 0 saturated heterocycles. The van der Waals surface area contributed by atoms with Crippen molar-refractivity contribution in [1.29, 1.82) is 0 Å². The molecule has 0 heterocycles. The van der Waals surface area contributed by atoms with E-state index in [9.17, 15) is 9.59 Å². The number of nitrogens with one attached hydrogen (secondary N) is 2. The van der Waals surface area contributed by atoms with Gasteiger partial charge in [-0.1, -0.05) is 60.7 Å². The molecule has 0 fully saturated rings. The SMILES string of the molecule is CC(NC(=O)c1ccccc1NC(=O)CCSc1ccccc1)c1ccccc1. The van der Waals surface area contributed by atoms with Crippen molar-refractivity contribution < 1.29 is 9.59 Å². The number of anilines is 1. The lowest BCUT2D eigenvalue weighted by atomic mass is 10.1. The third kappa shape index (κ3) is 6.22. The van der Waals surface area contributed by atoms with E-state index in [1.165, 1.54) is 0 Å². The first-order valence-electron chi connectivity index (χ1n) is 9.56. The average Bonchev–Trinajstić information content (AvgIpc) is 2.75. The third-order valence-electron chi connectivity index (χ3n) is 4.43. The lowest BCUT2D eigenvalue weighted by molar-refractivity contribution is -0.115. The fourth-order valence-electron chi connectivity index (χ4n) is 2.88. The Labute approximate surface area is 175 Å². The van der Waals surface area contributed by atoms with Gasteiger partial charge in [0.15, 0.2) is 0 Å². The molecule has 0 aliphatic rings. The summed E-state index contributed by atoms with van der Waals surface area (Å²) >= 11 is 1.64. The van der Waals surface area contributed by atoms with Gasteiger partial charge in [0.2, 0.25) is 5.91 Å². The van der Waals surface area contributed by atoms with Crippen LogP contribution in [0.4, 0.5) is 5.69 Å². The summed E-state index contributed by atoms with van der Waals surface area (Å²) in [6.07, 6.45) is 0.371. The van der Waals surface area contributed by atoms with E-state index in [-0.39, 0.29) is 17.9 Å². The summed E-state index contributed by atoms with van der Waals surface area (Å²) < 4.78 is 0. The summed E-state index contributed by atoms with van der Waals surface area (Å²) in [5, 5.41) is 5.87. The average molecular weight is 405 g/mol. The molecule has 29 heavy (non-hydrogen) atoms. The topological polar surface area (TPSA) is 58.2 Å². The highest BCUT2D eigenvalue weighted by atomic mass is 32.2. The molecule has 0 aliphatic carbocycles. The van der Waals surface area contributed by atoms with Gasteiger partial charge in [-0.2, -0.15) is 0 Å². The number of benzene rings is 3. The number of hydrogen-bond donors (Lipinski definition) is 2. The van der Waals surface area contributed by atoms with E-state index in [1.54, 1.807) is 30.0 Å². The number of para-hydroxylation sites is 1. The summed E-state index contributed by atoms with van der Waals surface area (Å²) in [5.74, 6) is 0.357. The second-order valence-corrected chi connectivity index (χ2v) is 7.78. The van der Waals surface area contributed by atoms with E-state index in [4.69, 9.17) is 0 Å². The molecule has 0 bridgehead atoms. The van der Waals surface area contributed by atoms with Gasteiger partial charge in [0, 0.05) is 17.1 Å². The van der Waals surface area contributed by atoms with Crippen LogP contribution in [0, 0.1) is 0 Å². The van der Waals surface area contributed by atoms with Gasteiger partial charge in [0.25, 0.3) is 5.91 Å². The first-order valence-corrected chi connectivity index (χ1v) is 10.5. The van der Waals surface area contributed by atoms with Crippen LogP contribution in [-0.2, 0) is 4.79 Å². The van der Waals surface area contributed by atoms with Gasteiger partial charge in [-0.05, 0) is 36.8 Å². The van der Waals surface area contributed by atoms with Crippen molar-refractivity contribution in [2.75, 3.05) is 11.1 Å². The van der Waals surface area contributed by atoms with Crippen molar-refractivity contribution >= 4 is 29.3 Å². The van der Waals surface area contributed by atoms with Crippen LogP contribution >= 0.6 is 11.8 Å². The van der Waals surface area contributed by atoms with Gasteiger partial charge >= 0.3 is 0 Å². The Bertz CT molecular complexity index is 945. The fraction of sp³-hybridized carbons (Fsp3) is 0.167. The molecule has 3 aromatic rings. The van der Waals surface area contributed by atoms with Crippen LogP contribution in [0.15, 0.2) is 89.8 Å². The molecule has 0 spiro atoms. The van der Waals surface area contributed by atoms with Crippen LogP contribution in [0.2, 0.25) is 0 Å². The van der Waals surface area contributed by atoms with Crippen LogP contribution in [0.3, 0.4) is 0 Å². The van der Waals surface area contributed by atoms with Gasteiger partial charge in [0.1, 0.15) is 0 Å². The molecule has 3 aromatic carbocycles. The predicted octanol–water partition coefficient (Wildman–Crippen LogP) is 5.30. The zero-order chi connectivity index (χ0) is 20.5. The summed E-state index contributed by atoms with van der Waals surface area (Å²) in [6, 6.07) is 26.7. The van der Waals surface area contributed by atoms with Gasteiger partial charge in [-0.25, -0.2) is 0 Å². The Morgan fingerprint density at radius 2 is 1.48 bits per heavy atom. The monoisotopic (exact) mass is 404 g/mol. The maximum atomic E-state index is 12.8. The Morgan fingerprint density at radius 3 is 2.21 bits per heavy atom. The van der Waals surface area contributed by atoms with E-state index in [1.807, 2.05) is 73.7 Å². The summed E-state index contributed by atoms with van der Waals surface area (Å²) in [7, 11) is 0. The second-order valence-electron chi connectivity index (χ2n) is 6.61. The zero-order valence-corrected chi connectivity index (χ0v) is 17.1. The zero-order valence-electron chi connectivity index (χ0n) is 16.3. The number of rotatable bonds is 8. The lowest BCUT2D eigenvalue weighted by Crippen LogP contribution is -2.28. The number of thioether (sulfide) groups is 1. The van der Waals surface area contributed by atoms with Crippen LogP contribution in [0.5, 0.6) is 0 Å². The van der Waals surface area contributed by atoms with Crippen molar-refractivity contribution in [3.8, 4) is 0 Å². The van der Waals surface area contributed by atoms with Crippen LogP contribution in [-0.4, -0.2) is 17.6 Å². The minimum atomic E-state index is -0.212. The van der Waals surface area contributed by atoms with Crippen molar-refractivity contribution in [1.82, 2.24) is 5.32 Å². The number of amides is 2. The Kier molecular flexibility index (Phi) is 7.47. The molecular formula is C24H24N2O2S. The van der Waals surface area contributed by atoms with Gasteiger partial charge in [0.05, 0.1) is 17.3 Å². The van der Waals surface area contributed by atoms with Crippen molar-refractivity contribution in [2.24, 2.45) is 0 Å². The first kappa shape index (κ1) is 20.7. The molecule has 3 rings (SSSR count). The minimum absolute atomic E-state index is 0.107. The molecule has 5 heteroatoms. The third-order valence-corrected chi connectivity index (χ3v) is 5.45. The number of carbonyl (C=O) groups is 2. The minimum Gasteiger partial charge on any atom is -0.345 e. The molecule has 0 radical (unpaired) electrons. The fourth-order valence-corrected chi connectivity index (χ4v) is 3.75. The van der Waals surface area contributed by atoms with Crippen molar-refractivity contribution in [2.45, 2.75) is 24.3 Å². The Hall–Kier alpha value is -3.05. The molecule has 2 N–H and O–H groups in total. The van der Waals surface area contributed by atoms with Gasteiger partial charge in [-0.15, -0.1) is 11.8 Å². The first-order chi connectivity index (χ1) is 14.1. The predicted molar refractivity (Wildman–Crippen MR) is 119 cm³/mol. The second kappa shape index (κ2) is 10.5. The van der Waals surface area contributed by atoms with E-state index in [0.29, 0.717) is 23.4 Å². The van der Waals surface area contributed by atoms with E-state index < -0.39 is 0 Å². The molecular weight excluding hydrogens is 380 g/mol. The van der Waals surface area contributed by atoms with Gasteiger partial charge < -0.3 is 10.6 Å². The highest BCUT2D eigenvalue weighted by molar-refractivity contribution is 7.99. The van der Waals surface area contributed by atoms with Crippen LogP contribution < -0.4 is 10.6 Å². The Morgan fingerprint density at radius 1 is 0.862 bits per heavy atom. The quantitative estimate of drug-likeness (QED) is 0.501. The molecule has 0 aromatic heterocycles. The number of carbonyl (C=O) groups excluding carboxylic acids is 2. The van der Waals surface area contributed by atoms with Crippen molar-refractivity contribution in [3.05, 3.63) is 96.1 Å². The van der Waals surface area contributed by atoms with Gasteiger partial charge in [-0.3, -0.25) is 9.59 Å². The molecule has 2 amide bonds. The summed E-state index contributed by atoms with van der Waals surface area (Å²) in [4.78, 5) is 26.3. The Balaban J connectivity index is 1.57. The molecule has 148 valence electrons. The molecule has 4 nitrogen and oxygen atoms in total. The highest BCUT2D eigenvalue weighted by Crippen LogP contribution is 2.20. The molecule has 0 saturated carbocycles. The van der Waals surface area contributed by atoms with E-state index >= 15 is 0 Å². The van der Waals surface area contributed by atoms with Crippen LogP contribution in [0.25, 0.3) is 0 Å². The molecule has 0 aliphatic heterocycles. The number of hydrogen-bond acceptors (Lipinski definition) is 3. The van der Waals surface area contributed by atoms with E-state index in [0.717, 1.165) is 10.5 Å². The van der Waals surface area contributed by atoms with Crippen molar-refractivity contribution in [3.63, 3.8) is 0 Å². The van der Waals surface area contributed by atoms with Crippen LogP contribution in [0.1, 0.15) is 35.3 Å². The molecule has 1 unspecified atom stereocenters. The maximum Gasteiger partial charge on any atom is 0.253 e. The maximum absolute atomic E-state index is 12.8. The largest absolute Gasteiger partial charge is 0.345 e. The molecule has 1 atom stereocenters. The normalized spacial score (nSPS) is 11.5. The smallest absolute Gasteiger partial charge is 0.253 e. The highest BCUT2D eigenvalue weighted by Gasteiger charge is 2.16.